The Hall–Kier alpha value is -9.28. The number of hydrogen-bond acceptors (Lipinski definition) is 14. The highest BCUT2D eigenvalue weighted by molar-refractivity contribution is 6.03. The SMILES string of the molecule is CN(CCO)C(=O)[C@@H](NC(=O)OCc1ccccc1)c1ccccc1.CN(CCO)C[C@H](c1ccccc1)N(C)C(=O)CC(=O)Nc1ccccc1.CN[C@H](CN(C)CCO)c1ccccc1.O=C(N[C@H](C(=O)O)c1ccccc1)OCc1ccccc1. The lowest BCUT2D eigenvalue weighted by atomic mass is 10.0. The van der Waals surface area contributed by atoms with Crippen LogP contribution >= 0.6 is 0 Å². The molecule has 0 unspecified atom stereocenters. The number of rotatable bonds is 27. The summed E-state index contributed by atoms with van der Waals surface area (Å²) < 4.78 is 10.2. The number of ether oxygens (including phenoxy) is 2. The number of carboxylic acid groups (broad SMARTS) is 1. The normalized spacial score (nSPS) is 11.8. The minimum Gasteiger partial charge on any atom is -0.479 e. The molecule has 0 saturated heterocycles. The van der Waals surface area contributed by atoms with E-state index in [4.69, 9.17) is 24.8 Å². The summed E-state index contributed by atoms with van der Waals surface area (Å²) in [7, 11) is 9.16. The van der Waals surface area contributed by atoms with Gasteiger partial charge in [-0.2, -0.15) is 0 Å². The first-order valence-corrected chi connectivity index (χ1v) is 28.7. The number of anilines is 1. The number of nitrogens with one attached hydrogen (secondary N) is 4. The van der Waals surface area contributed by atoms with E-state index >= 15 is 0 Å². The van der Waals surface area contributed by atoms with Crippen molar-refractivity contribution in [2.24, 2.45) is 0 Å². The number of carbonyl (C=O) groups excluding carboxylic acids is 5. The molecule has 7 aromatic carbocycles. The van der Waals surface area contributed by atoms with Crippen LogP contribution in [0.5, 0.6) is 0 Å². The first-order valence-electron chi connectivity index (χ1n) is 28.7. The van der Waals surface area contributed by atoms with Gasteiger partial charge in [-0.1, -0.05) is 200 Å². The predicted molar refractivity (Wildman–Crippen MR) is 339 cm³/mol. The highest BCUT2D eigenvalue weighted by Crippen LogP contribution is 2.22. The molecule has 468 valence electrons. The molecule has 7 aromatic rings. The van der Waals surface area contributed by atoms with E-state index in [2.05, 4.69) is 38.3 Å². The van der Waals surface area contributed by atoms with Crippen molar-refractivity contribution in [3.05, 3.63) is 246 Å². The third-order valence-corrected chi connectivity index (χ3v) is 13.4. The highest BCUT2D eigenvalue weighted by Gasteiger charge is 2.27. The minimum absolute atomic E-state index is 0.0507. The van der Waals surface area contributed by atoms with Crippen LogP contribution in [0.2, 0.25) is 0 Å². The molecular weight excluding hydrogens is 1120 g/mol. The van der Waals surface area contributed by atoms with Gasteiger partial charge in [0.15, 0.2) is 6.04 Å². The molecule has 0 aromatic heterocycles. The summed E-state index contributed by atoms with van der Waals surface area (Å²) in [5.41, 5.74) is 5.76. The molecule has 88 heavy (non-hydrogen) atoms. The van der Waals surface area contributed by atoms with E-state index in [-0.39, 0.29) is 69.8 Å². The minimum atomic E-state index is -1.14. The summed E-state index contributed by atoms with van der Waals surface area (Å²) in [5, 5.41) is 47.2. The zero-order valence-electron chi connectivity index (χ0n) is 50.6. The molecule has 0 heterocycles. The molecule has 20 heteroatoms. The number of benzene rings is 7. The number of nitrogens with zero attached hydrogens (tertiary/aromatic N) is 4. The predicted octanol–water partition coefficient (Wildman–Crippen LogP) is 7.85. The van der Waals surface area contributed by atoms with Gasteiger partial charge >= 0.3 is 18.2 Å². The van der Waals surface area contributed by atoms with Crippen molar-refractivity contribution in [3.63, 3.8) is 0 Å². The molecule has 7 rings (SSSR count). The maximum atomic E-state index is 12.7. The van der Waals surface area contributed by atoms with Crippen LogP contribution in [0.3, 0.4) is 0 Å². The van der Waals surface area contributed by atoms with E-state index < -0.39 is 30.2 Å². The van der Waals surface area contributed by atoms with Crippen LogP contribution in [0, 0.1) is 0 Å². The number of carboxylic acids is 1. The van der Waals surface area contributed by atoms with Crippen molar-refractivity contribution in [2.75, 3.05) is 93.1 Å². The van der Waals surface area contributed by atoms with Crippen LogP contribution < -0.4 is 21.3 Å². The van der Waals surface area contributed by atoms with E-state index in [0.717, 1.165) is 23.2 Å². The number of hydrogen-bond donors (Lipinski definition) is 8. The van der Waals surface area contributed by atoms with Crippen molar-refractivity contribution < 1.29 is 58.7 Å². The van der Waals surface area contributed by atoms with E-state index in [1.165, 1.54) is 10.5 Å². The second kappa shape index (κ2) is 40.9. The van der Waals surface area contributed by atoms with Gasteiger partial charge in [-0.05, 0) is 66.7 Å². The Morgan fingerprint density at radius 1 is 0.466 bits per heavy atom. The van der Waals surface area contributed by atoms with Gasteiger partial charge in [0.25, 0.3) is 0 Å². The summed E-state index contributed by atoms with van der Waals surface area (Å²) >= 11 is 0. The van der Waals surface area contributed by atoms with Crippen molar-refractivity contribution in [1.82, 2.24) is 35.6 Å². The largest absolute Gasteiger partial charge is 0.479 e. The zero-order valence-corrected chi connectivity index (χ0v) is 50.6. The smallest absolute Gasteiger partial charge is 0.408 e. The molecule has 20 nitrogen and oxygen atoms in total. The fourth-order valence-electron chi connectivity index (χ4n) is 8.58. The molecule has 0 aliphatic heterocycles. The van der Waals surface area contributed by atoms with Crippen LogP contribution in [0.4, 0.5) is 15.3 Å². The average Bonchev–Trinajstić information content (AvgIpc) is 3.69. The van der Waals surface area contributed by atoms with Crippen LogP contribution in [-0.4, -0.2) is 164 Å². The lowest BCUT2D eigenvalue weighted by Crippen LogP contribution is -2.42. The monoisotopic (exact) mass is 1200 g/mol. The fraction of sp³-hybridized carbons (Fsp3) is 0.294. The Balaban J connectivity index is 0.000000256. The number of alkyl carbamates (subject to hydrolysis) is 2. The second-order valence-corrected chi connectivity index (χ2v) is 20.2. The summed E-state index contributed by atoms with van der Waals surface area (Å²) in [6.07, 6.45) is -1.67. The van der Waals surface area contributed by atoms with E-state index in [0.29, 0.717) is 42.5 Å². The molecule has 4 atom stereocenters. The van der Waals surface area contributed by atoms with Crippen molar-refractivity contribution >= 4 is 41.6 Å². The van der Waals surface area contributed by atoms with Gasteiger partial charge in [0, 0.05) is 58.5 Å². The lowest BCUT2D eigenvalue weighted by Gasteiger charge is -2.32. The van der Waals surface area contributed by atoms with E-state index in [1.807, 2.05) is 160 Å². The fourth-order valence-corrected chi connectivity index (χ4v) is 8.58. The Morgan fingerprint density at radius 3 is 1.26 bits per heavy atom. The molecule has 0 aliphatic carbocycles. The topological polar surface area (TPSA) is 263 Å². The third-order valence-electron chi connectivity index (χ3n) is 13.4. The lowest BCUT2D eigenvalue weighted by molar-refractivity contribution is -0.139. The van der Waals surface area contributed by atoms with E-state index in [9.17, 15) is 33.9 Å². The molecule has 8 N–H and O–H groups in total. The second-order valence-electron chi connectivity index (χ2n) is 20.2. The van der Waals surface area contributed by atoms with Crippen LogP contribution in [0.25, 0.3) is 0 Å². The summed E-state index contributed by atoms with van der Waals surface area (Å²) in [5.74, 6) is -2.06. The van der Waals surface area contributed by atoms with Crippen LogP contribution in [-0.2, 0) is 41.9 Å². The highest BCUT2D eigenvalue weighted by atomic mass is 16.6. The molecule has 0 aliphatic rings. The van der Waals surface area contributed by atoms with Gasteiger partial charge in [0.2, 0.25) is 17.7 Å². The number of para-hydroxylation sites is 1. The molecule has 0 bridgehead atoms. The Labute approximate surface area is 516 Å². The maximum Gasteiger partial charge on any atom is 0.408 e. The van der Waals surface area contributed by atoms with Gasteiger partial charge in [0.05, 0.1) is 25.9 Å². The van der Waals surface area contributed by atoms with Gasteiger partial charge in [-0.3, -0.25) is 14.4 Å². The molecule has 0 fully saturated rings. The number of aliphatic carboxylic acids is 1. The summed E-state index contributed by atoms with van der Waals surface area (Å²) in [4.78, 5) is 79.6. The Bertz CT molecular complexity index is 3070. The number of likely N-dealkylation sites (N-methyl/N-ethyl adjacent to an activating group) is 5. The van der Waals surface area contributed by atoms with Gasteiger partial charge in [-0.15, -0.1) is 0 Å². The van der Waals surface area contributed by atoms with Gasteiger partial charge < -0.3 is 70.8 Å². The van der Waals surface area contributed by atoms with Gasteiger partial charge in [0.1, 0.15) is 25.7 Å². The van der Waals surface area contributed by atoms with Gasteiger partial charge in [-0.25, -0.2) is 14.4 Å². The quantitative estimate of drug-likeness (QED) is 0.0228. The first kappa shape index (κ1) is 71.2. The first-order chi connectivity index (χ1) is 42.6. The Morgan fingerprint density at radius 2 is 0.841 bits per heavy atom. The molecule has 0 spiro atoms. The van der Waals surface area contributed by atoms with Crippen molar-refractivity contribution in [1.29, 1.82) is 0 Å². The van der Waals surface area contributed by atoms with E-state index in [1.54, 1.807) is 85.7 Å². The maximum absolute atomic E-state index is 12.7. The molecular formula is C68H84N8O12. The number of aliphatic hydroxyl groups is 3. The average molecular weight is 1210 g/mol. The Kier molecular flexibility index (Phi) is 33.1. The third kappa shape index (κ3) is 27.0. The van der Waals surface area contributed by atoms with Crippen molar-refractivity contribution in [3.8, 4) is 0 Å². The zero-order chi connectivity index (χ0) is 63.9. The summed E-state index contributed by atoms with van der Waals surface area (Å²) in [6.45, 7) is 3.20. The molecule has 0 saturated carbocycles. The number of amides is 5. The molecule has 5 amide bonds. The standard InChI is InChI=1S/C21H27N3O3.C19H22N2O4.C16H15NO4.C12H20N2O/c1-23(13-14-25)16-19(17-9-5-3-6-10-17)24(2)21(27)15-20(26)22-18-11-7-4-8-12-18;1-21(12-13-22)18(23)17(16-10-6-3-7-11-16)20-19(24)25-14-15-8-4-2-5-9-15;18-15(19)14(13-9-5-2-6-10-13)17-16(20)21-11-12-7-3-1-4-8-12;1-13-12(10-14(2)8-9-15)11-6-4-3-5-7-11/h3-12,19,25H,13-16H2,1-2H3,(H,22,26);2-11,17,22H,12-14H2,1H3,(H,20,24);1-10,14H,11H2,(H,17,20)(H,18,19);3-7,12-13,15H,8-10H2,1-2H3/t19-;17-;14-;12-/m1001/s1. The molecule has 0 radical (unpaired) electrons. The number of aliphatic hydroxyl groups excluding tert-OH is 3. The van der Waals surface area contributed by atoms with Crippen LogP contribution in [0.15, 0.2) is 212 Å². The van der Waals surface area contributed by atoms with Crippen LogP contribution in [0.1, 0.15) is 64.0 Å². The summed E-state index contributed by atoms with van der Waals surface area (Å²) in [6, 6.07) is 63.1. The number of carbonyl (C=O) groups is 6. The van der Waals surface area contributed by atoms with Crippen molar-refractivity contribution in [2.45, 2.75) is 43.8 Å².